The lowest BCUT2D eigenvalue weighted by Gasteiger charge is -2.00. The third kappa shape index (κ3) is 3.48. The van der Waals surface area contributed by atoms with Gasteiger partial charge in [0.1, 0.15) is 0 Å². The summed E-state index contributed by atoms with van der Waals surface area (Å²) in [6, 6.07) is 7.53. The third-order valence-electron chi connectivity index (χ3n) is 2.64. The predicted molar refractivity (Wildman–Crippen MR) is 77.6 cm³/mol. The SMILES string of the molecule is CCc1ccc(C(=O)N/N=C(\C)c2cccnc2)s1. The van der Waals surface area contributed by atoms with Crippen molar-refractivity contribution in [2.45, 2.75) is 20.3 Å². The zero-order valence-electron chi connectivity index (χ0n) is 10.9. The highest BCUT2D eigenvalue weighted by Crippen LogP contribution is 2.16. The highest BCUT2D eigenvalue weighted by molar-refractivity contribution is 7.14. The predicted octanol–water partition coefficient (Wildman–Crippen LogP) is 2.86. The molecule has 0 radical (unpaired) electrons. The number of aryl methyl sites for hydroxylation is 1. The molecule has 19 heavy (non-hydrogen) atoms. The normalized spacial score (nSPS) is 11.4. The number of carbonyl (C=O) groups excluding carboxylic acids is 1. The first kappa shape index (κ1) is 13.4. The van der Waals surface area contributed by atoms with Crippen molar-refractivity contribution in [3.63, 3.8) is 0 Å². The van der Waals surface area contributed by atoms with Gasteiger partial charge in [-0.25, -0.2) is 5.43 Å². The molecular weight excluding hydrogens is 258 g/mol. The van der Waals surface area contributed by atoms with E-state index in [4.69, 9.17) is 0 Å². The van der Waals surface area contributed by atoms with Crippen molar-refractivity contribution in [1.82, 2.24) is 10.4 Å². The van der Waals surface area contributed by atoms with Crippen molar-refractivity contribution in [1.29, 1.82) is 0 Å². The van der Waals surface area contributed by atoms with Crippen LogP contribution in [0.4, 0.5) is 0 Å². The number of hydrogen-bond acceptors (Lipinski definition) is 4. The molecule has 2 heterocycles. The molecule has 0 aromatic carbocycles. The molecule has 2 aromatic heterocycles. The van der Waals surface area contributed by atoms with Gasteiger partial charge in [-0.15, -0.1) is 11.3 Å². The summed E-state index contributed by atoms with van der Waals surface area (Å²) < 4.78 is 0. The lowest BCUT2D eigenvalue weighted by Crippen LogP contribution is -2.18. The third-order valence-corrected chi connectivity index (χ3v) is 3.87. The van der Waals surface area contributed by atoms with Crippen LogP contribution in [0.2, 0.25) is 0 Å². The Balaban J connectivity index is 2.03. The summed E-state index contributed by atoms with van der Waals surface area (Å²) in [6.45, 7) is 3.90. The number of thiophene rings is 1. The van der Waals surface area contributed by atoms with Gasteiger partial charge in [-0.2, -0.15) is 5.10 Å². The highest BCUT2D eigenvalue weighted by atomic mass is 32.1. The molecule has 0 fully saturated rings. The van der Waals surface area contributed by atoms with E-state index >= 15 is 0 Å². The van der Waals surface area contributed by atoms with Gasteiger partial charge in [0.15, 0.2) is 0 Å². The fourth-order valence-electron chi connectivity index (χ4n) is 1.52. The second kappa shape index (κ2) is 6.24. The standard InChI is InChI=1S/C14H15N3OS/c1-3-12-6-7-13(19-12)14(18)17-16-10(2)11-5-4-8-15-9-11/h4-9H,3H2,1-2H3,(H,17,18)/b16-10+. The molecule has 0 aliphatic carbocycles. The fraction of sp³-hybridized carbons (Fsp3) is 0.214. The molecule has 0 bridgehead atoms. The van der Waals surface area contributed by atoms with Crippen LogP contribution in [0, 0.1) is 0 Å². The number of nitrogens with zero attached hydrogens (tertiary/aromatic N) is 2. The van der Waals surface area contributed by atoms with Crippen LogP contribution in [-0.2, 0) is 6.42 Å². The number of amides is 1. The summed E-state index contributed by atoms with van der Waals surface area (Å²) in [5.41, 5.74) is 4.19. The largest absolute Gasteiger partial charge is 0.281 e. The first-order valence-corrected chi connectivity index (χ1v) is 6.86. The van der Waals surface area contributed by atoms with Crippen LogP contribution in [0.1, 0.15) is 34.0 Å². The Hall–Kier alpha value is -2.01. The maximum Gasteiger partial charge on any atom is 0.281 e. The molecule has 2 aromatic rings. The van der Waals surface area contributed by atoms with Crippen LogP contribution in [0.15, 0.2) is 41.8 Å². The second-order valence-electron chi connectivity index (χ2n) is 4.00. The summed E-state index contributed by atoms with van der Waals surface area (Å²) in [4.78, 5) is 17.8. The molecule has 0 atom stereocenters. The Kier molecular flexibility index (Phi) is 4.41. The Morgan fingerprint density at radius 2 is 2.26 bits per heavy atom. The molecule has 1 N–H and O–H groups in total. The van der Waals surface area contributed by atoms with Gasteiger partial charge in [0.05, 0.1) is 10.6 Å². The molecule has 0 aliphatic rings. The van der Waals surface area contributed by atoms with Crippen LogP contribution in [-0.4, -0.2) is 16.6 Å². The molecule has 1 amide bonds. The molecule has 0 spiro atoms. The number of carbonyl (C=O) groups is 1. The van der Waals surface area contributed by atoms with Crippen molar-refractivity contribution in [3.05, 3.63) is 52.0 Å². The Morgan fingerprint density at radius 1 is 1.42 bits per heavy atom. The highest BCUT2D eigenvalue weighted by Gasteiger charge is 2.07. The molecule has 0 saturated carbocycles. The van der Waals surface area contributed by atoms with E-state index in [1.54, 1.807) is 12.4 Å². The van der Waals surface area contributed by atoms with Crippen LogP contribution in [0.3, 0.4) is 0 Å². The monoisotopic (exact) mass is 273 g/mol. The number of aromatic nitrogens is 1. The zero-order valence-corrected chi connectivity index (χ0v) is 11.7. The van der Waals surface area contributed by atoms with E-state index in [1.807, 2.05) is 31.2 Å². The van der Waals surface area contributed by atoms with Crippen molar-refractivity contribution in [2.75, 3.05) is 0 Å². The molecule has 0 saturated heterocycles. The molecular formula is C14H15N3OS. The van der Waals surface area contributed by atoms with E-state index in [-0.39, 0.29) is 5.91 Å². The minimum absolute atomic E-state index is 0.173. The molecule has 2 rings (SSSR count). The number of pyridine rings is 1. The van der Waals surface area contributed by atoms with Crippen molar-refractivity contribution in [2.24, 2.45) is 5.10 Å². The van der Waals surface area contributed by atoms with E-state index in [2.05, 4.69) is 22.4 Å². The van der Waals surface area contributed by atoms with Crippen molar-refractivity contribution in [3.8, 4) is 0 Å². The van der Waals surface area contributed by atoms with Gasteiger partial charge in [0, 0.05) is 22.8 Å². The average Bonchev–Trinajstić information content (AvgIpc) is 2.94. The van der Waals surface area contributed by atoms with Crippen LogP contribution in [0.25, 0.3) is 0 Å². The van der Waals surface area contributed by atoms with Crippen LogP contribution < -0.4 is 5.43 Å². The minimum Gasteiger partial charge on any atom is -0.266 e. The molecule has 98 valence electrons. The van der Waals surface area contributed by atoms with E-state index < -0.39 is 0 Å². The quantitative estimate of drug-likeness (QED) is 0.688. The number of rotatable bonds is 4. The van der Waals surface area contributed by atoms with Crippen molar-refractivity contribution < 1.29 is 4.79 Å². The van der Waals surface area contributed by atoms with Gasteiger partial charge >= 0.3 is 0 Å². The number of nitrogens with one attached hydrogen (secondary N) is 1. The van der Waals surface area contributed by atoms with Crippen LogP contribution >= 0.6 is 11.3 Å². The first-order valence-electron chi connectivity index (χ1n) is 6.04. The Morgan fingerprint density at radius 3 is 2.89 bits per heavy atom. The van der Waals surface area contributed by atoms with Gasteiger partial charge < -0.3 is 0 Å². The summed E-state index contributed by atoms with van der Waals surface area (Å²) in [6.07, 6.45) is 4.36. The summed E-state index contributed by atoms with van der Waals surface area (Å²) in [7, 11) is 0. The fourth-order valence-corrected chi connectivity index (χ4v) is 2.36. The lowest BCUT2D eigenvalue weighted by molar-refractivity contribution is 0.0959. The lowest BCUT2D eigenvalue weighted by atomic mass is 10.2. The topological polar surface area (TPSA) is 54.4 Å². The van der Waals surface area contributed by atoms with Gasteiger partial charge in [-0.05, 0) is 31.5 Å². The molecule has 0 unspecified atom stereocenters. The molecule has 4 nitrogen and oxygen atoms in total. The number of hydrogen-bond donors (Lipinski definition) is 1. The maximum atomic E-state index is 11.9. The molecule has 0 aliphatic heterocycles. The van der Waals surface area contributed by atoms with E-state index in [0.717, 1.165) is 17.7 Å². The smallest absolute Gasteiger partial charge is 0.266 e. The minimum atomic E-state index is -0.173. The Labute approximate surface area is 116 Å². The summed E-state index contributed by atoms with van der Waals surface area (Å²) in [5.74, 6) is -0.173. The molecule has 5 heteroatoms. The van der Waals surface area contributed by atoms with Crippen LogP contribution in [0.5, 0.6) is 0 Å². The average molecular weight is 273 g/mol. The number of hydrazone groups is 1. The first-order chi connectivity index (χ1) is 9.20. The van der Waals surface area contributed by atoms with Gasteiger partial charge in [0.25, 0.3) is 5.91 Å². The van der Waals surface area contributed by atoms with Gasteiger partial charge in [-0.1, -0.05) is 13.0 Å². The van der Waals surface area contributed by atoms with Gasteiger partial charge in [0.2, 0.25) is 0 Å². The van der Waals surface area contributed by atoms with E-state index in [9.17, 15) is 4.79 Å². The zero-order chi connectivity index (χ0) is 13.7. The van der Waals surface area contributed by atoms with E-state index in [1.165, 1.54) is 16.2 Å². The van der Waals surface area contributed by atoms with Gasteiger partial charge in [-0.3, -0.25) is 9.78 Å². The second-order valence-corrected chi connectivity index (χ2v) is 5.17. The summed E-state index contributed by atoms with van der Waals surface area (Å²) in [5, 5.41) is 4.09. The van der Waals surface area contributed by atoms with Crippen molar-refractivity contribution >= 4 is 23.0 Å². The maximum absolute atomic E-state index is 11.9. The Bertz CT molecular complexity index is 590. The van der Waals surface area contributed by atoms with E-state index in [0.29, 0.717) is 4.88 Å². The summed E-state index contributed by atoms with van der Waals surface area (Å²) >= 11 is 1.49.